The zero-order chi connectivity index (χ0) is 19.4. The van der Waals surface area contributed by atoms with Gasteiger partial charge in [-0.15, -0.1) is 24.0 Å². The van der Waals surface area contributed by atoms with Crippen molar-refractivity contribution in [1.82, 2.24) is 10.6 Å². The summed E-state index contributed by atoms with van der Waals surface area (Å²) in [5, 5.41) is 8.01. The van der Waals surface area contributed by atoms with E-state index in [-0.39, 0.29) is 29.4 Å². The van der Waals surface area contributed by atoms with Crippen molar-refractivity contribution in [3.63, 3.8) is 0 Å². The van der Waals surface area contributed by atoms with Crippen molar-refractivity contribution >= 4 is 41.7 Å². The number of aliphatic imine (C=N–C) groups is 1. The zero-order valence-corrected chi connectivity index (χ0v) is 20.4. The molecule has 2 unspecified atom stereocenters. The predicted molar refractivity (Wildman–Crippen MR) is 129 cm³/mol. The quantitative estimate of drug-likeness (QED) is 0.343. The van der Waals surface area contributed by atoms with Gasteiger partial charge in [-0.05, 0) is 56.1 Å². The van der Waals surface area contributed by atoms with Crippen LogP contribution in [0, 0.1) is 0 Å². The minimum Gasteiger partial charge on any atom is -0.454 e. The molecule has 1 saturated carbocycles. The topological polar surface area (TPSA) is 64.1 Å². The minimum absolute atomic E-state index is 0. The summed E-state index contributed by atoms with van der Waals surface area (Å²) >= 11 is 1.98. The number of ether oxygens (including phenoxy) is 3. The van der Waals surface area contributed by atoms with E-state index in [1.54, 1.807) is 0 Å². The number of fused-ring (bicyclic) bond motifs is 1. The molecular weight excluding hydrogens is 501 g/mol. The molecule has 0 radical (unpaired) electrons. The van der Waals surface area contributed by atoms with Gasteiger partial charge in [0.25, 0.3) is 0 Å². The van der Waals surface area contributed by atoms with Crippen LogP contribution in [0.1, 0.15) is 37.7 Å². The van der Waals surface area contributed by atoms with E-state index in [1.165, 1.54) is 24.8 Å². The lowest BCUT2D eigenvalue weighted by Gasteiger charge is -2.38. The predicted octanol–water partition coefficient (Wildman–Crippen LogP) is 3.53. The number of benzene rings is 1. The molecule has 0 bridgehead atoms. The van der Waals surface area contributed by atoms with E-state index in [0.29, 0.717) is 12.8 Å². The van der Waals surface area contributed by atoms with Gasteiger partial charge in [-0.1, -0.05) is 6.07 Å². The Labute approximate surface area is 194 Å². The van der Waals surface area contributed by atoms with E-state index < -0.39 is 0 Å². The fourth-order valence-corrected chi connectivity index (χ4v) is 5.28. The van der Waals surface area contributed by atoms with E-state index in [9.17, 15) is 0 Å². The highest BCUT2D eigenvalue weighted by atomic mass is 127. The summed E-state index contributed by atoms with van der Waals surface area (Å²) in [6, 6.07) is 6.87. The number of rotatable bonds is 5. The van der Waals surface area contributed by atoms with Crippen LogP contribution in [0.25, 0.3) is 0 Å². The molecule has 2 heterocycles. The van der Waals surface area contributed by atoms with Crippen LogP contribution >= 0.6 is 35.7 Å². The molecule has 1 aliphatic carbocycles. The van der Waals surface area contributed by atoms with Gasteiger partial charge >= 0.3 is 0 Å². The average Bonchev–Trinajstić information content (AvgIpc) is 3.40. The Morgan fingerprint density at radius 2 is 2.00 bits per heavy atom. The van der Waals surface area contributed by atoms with Crippen LogP contribution in [0.3, 0.4) is 0 Å². The molecule has 1 aromatic carbocycles. The van der Waals surface area contributed by atoms with Crippen molar-refractivity contribution in [1.29, 1.82) is 0 Å². The molecule has 8 heteroatoms. The molecule has 0 spiro atoms. The fourth-order valence-electron chi connectivity index (χ4n) is 4.48. The fraction of sp³-hybridized carbons (Fsp3) is 0.667. The summed E-state index contributed by atoms with van der Waals surface area (Å²) in [5.74, 6) is 2.58. The maximum atomic E-state index is 5.67. The number of hydrogen-bond donors (Lipinski definition) is 2. The van der Waals surface area contributed by atoms with E-state index >= 15 is 0 Å². The van der Waals surface area contributed by atoms with E-state index in [4.69, 9.17) is 14.2 Å². The zero-order valence-electron chi connectivity index (χ0n) is 17.2. The minimum atomic E-state index is 0. The third kappa shape index (κ3) is 5.25. The molecule has 2 fully saturated rings. The summed E-state index contributed by atoms with van der Waals surface area (Å²) < 4.78 is 16.8. The van der Waals surface area contributed by atoms with E-state index in [0.717, 1.165) is 55.3 Å². The van der Waals surface area contributed by atoms with Gasteiger partial charge in [-0.3, -0.25) is 4.99 Å². The summed E-state index contributed by atoms with van der Waals surface area (Å²) in [5.41, 5.74) is 1.29. The summed E-state index contributed by atoms with van der Waals surface area (Å²) in [6.07, 6.45) is 7.88. The number of nitrogens with zero attached hydrogens (tertiary/aromatic N) is 1. The molecule has 2 atom stereocenters. The molecule has 3 aliphatic rings. The number of nitrogens with one attached hydrogen (secondary N) is 2. The van der Waals surface area contributed by atoms with Gasteiger partial charge in [-0.2, -0.15) is 11.8 Å². The van der Waals surface area contributed by atoms with Crippen LogP contribution in [0.2, 0.25) is 0 Å². The van der Waals surface area contributed by atoms with Gasteiger partial charge in [-0.25, -0.2) is 0 Å². The van der Waals surface area contributed by atoms with Crippen molar-refractivity contribution < 1.29 is 14.2 Å². The Morgan fingerprint density at radius 3 is 2.72 bits per heavy atom. The van der Waals surface area contributed by atoms with Crippen LogP contribution in [0.4, 0.5) is 0 Å². The van der Waals surface area contributed by atoms with Crippen molar-refractivity contribution in [2.45, 2.75) is 48.8 Å². The number of guanidine groups is 1. The number of thioether (sulfide) groups is 1. The first-order valence-electron chi connectivity index (χ1n) is 10.2. The average molecular weight is 533 g/mol. The van der Waals surface area contributed by atoms with Crippen LogP contribution in [0.5, 0.6) is 11.5 Å². The van der Waals surface area contributed by atoms with Gasteiger partial charge in [0.05, 0.1) is 0 Å². The highest BCUT2D eigenvalue weighted by Gasteiger charge is 2.36. The van der Waals surface area contributed by atoms with Crippen LogP contribution in [0.15, 0.2) is 23.2 Å². The van der Waals surface area contributed by atoms with Crippen molar-refractivity contribution in [3.8, 4) is 11.5 Å². The van der Waals surface area contributed by atoms with Crippen molar-refractivity contribution in [3.05, 3.63) is 23.8 Å². The van der Waals surface area contributed by atoms with Crippen LogP contribution in [-0.2, 0) is 10.2 Å². The molecule has 29 heavy (non-hydrogen) atoms. The second-order valence-corrected chi connectivity index (χ2v) is 9.04. The summed E-state index contributed by atoms with van der Waals surface area (Å²) in [7, 11) is 1.85. The highest BCUT2D eigenvalue weighted by molar-refractivity contribution is 14.0. The number of halogens is 1. The summed E-state index contributed by atoms with van der Waals surface area (Å²) in [4.78, 5) is 4.48. The normalized spacial score (nSPS) is 25.4. The Bertz CT molecular complexity index is 712. The Hall–Kier alpha value is -0.870. The maximum Gasteiger partial charge on any atom is 0.231 e. The SMILES string of the molecule is CN=C(NCC1(c2ccc3c(c2)OCO3)CCOCC1)NC1CCC(SC)C1.I. The second-order valence-electron chi connectivity index (χ2n) is 7.90. The molecule has 1 aromatic rings. The molecule has 0 amide bonds. The van der Waals surface area contributed by atoms with Gasteiger partial charge in [0.2, 0.25) is 6.79 Å². The van der Waals surface area contributed by atoms with Crippen LogP contribution in [-0.4, -0.2) is 57.1 Å². The molecule has 2 aliphatic heterocycles. The second kappa shape index (κ2) is 10.4. The monoisotopic (exact) mass is 533 g/mol. The molecule has 0 aromatic heterocycles. The van der Waals surface area contributed by atoms with Gasteiger partial charge in [0.1, 0.15) is 0 Å². The maximum absolute atomic E-state index is 5.67. The van der Waals surface area contributed by atoms with Gasteiger partial charge < -0.3 is 24.8 Å². The third-order valence-electron chi connectivity index (χ3n) is 6.31. The van der Waals surface area contributed by atoms with E-state index in [1.807, 2.05) is 24.9 Å². The van der Waals surface area contributed by atoms with Crippen molar-refractivity contribution in [2.75, 3.05) is 39.9 Å². The van der Waals surface area contributed by atoms with Crippen LogP contribution < -0.4 is 20.1 Å². The Balaban J connectivity index is 0.00000240. The van der Waals surface area contributed by atoms with Gasteiger partial charge in [0.15, 0.2) is 17.5 Å². The lowest BCUT2D eigenvalue weighted by molar-refractivity contribution is 0.0513. The third-order valence-corrected chi connectivity index (χ3v) is 7.41. The molecule has 6 nitrogen and oxygen atoms in total. The largest absolute Gasteiger partial charge is 0.454 e. The molecule has 1 saturated heterocycles. The molecule has 4 rings (SSSR count). The molecule has 2 N–H and O–H groups in total. The number of hydrogen-bond acceptors (Lipinski definition) is 5. The lowest BCUT2D eigenvalue weighted by Crippen LogP contribution is -2.49. The Kier molecular flexibility index (Phi) is 8.21. The first kappa shape index (κ1) is 22.8. The molecule has 162 valence electrons. The van der Waals surface area contributed by atoms with Gasteiger partial charge in [0, 0.05) is 43.5 Å². The van der Waals surface area contributed by atoms with E-state index in [2.05, 4.69) is 34.0 Å². The molecular formula is C21H32IN3O3S. The Morgan fingerprint density at radius 1 is 1.21 bits per heavy atom. The lowest BCUT2D eigenvalue weighted by atomic mass is 9.74. The van der Waals surface area contributed by atoms with Crippen molar-refractivity contribution in [2.24, 2.45) is 4.99 Å². The highest BCUT2D eigenvalue weighted by Crippen LogP contribution is 2.40. The standard InChI is InChI=1S/C21H31N3O3S.HI/c1-22-20(24-16-4-5-17(12-16)28-2)23-13-21(7-9-25-10-8-21)15-3-6-18-19(11-15)27-14-26-18;/h3,6,11,16-17H,4-5,7-10,12-14H2,1-2H3,(H2,22,23,24);1H. The summed E-state index contributed by atoms with van der Waals surface area (Å²) in [6.45, 7) is 2.69. The first-order valence-corrected chi connectivity index (χ1v) is 11.5. The smallest absolute Gasteiger partial charge is 0.231 e. The first-order chi connectivity index (χ1) is 13.7.